The zero-order chi connectivity index (χ0) is 12.3. The highest BCUT2D eigenvalue weighted by Crippen LogP contribution is 2.20. The van der Waals surface area contributed by atoms with Gasteiger partial charge in [0.1, 0.15) is 5.82 Å². The average molecular weight is 230 g/mol. The van der Waals surface area contributed by atoms with Crippen LogP contribution in [0.1, 0.15) is 11.1 Å². The van der Waals surface area contributed by atoms with E-state index in [4.69, 9.17) is 5.73 Å². The van der Waals surface area contributed by atoms with E-state index in [2.05, 4.69) is 5.32 Å². The van der Waals surface area contributed by atoms with E-state index in [1.807, 2.05) is 25.1 Å². The van der Waals surface area contributed by atoms with Crippen molar-refractivity contribution in [2.45, 2.75) is 13.5 Å². The summed E-state index contributed by atoms with van der Waals surface area (Å²) in [6, 6.07) is 12.3. The van der Waals surface area contributed by atoms with E-state index >= 15 is 0 Å². The third-order valence-corrected chi connectivity index (χ3v) is 2.61. The number of benzene rings is 2. The van der Waals surface area contributed by atoms with Gasteiger partial charge in [-0.2, -0.15) is 0 Å². The van der Waals surface area contributed by atoms with Crippen LogP contribution in [0.25, 0.3) is 0 Å². The molecule has 0 saturated carbocycles. The van der Waals surface area contributed by atoms with E-state index in [9.17, 15) is 4.39 Å². The molecule has 0 aliphatic carbocycles. The molecule has 88 valence electrons. The summed E-state index contributed by atoms with van der Waals surface area (Å²) in [5, 5.41) is 3.24. The molecular weight excluding hydrogens is 215 g/mol. The second-order valence-corrected chi connectivity index (χ2v) is 4.07. The van der Waals surface area contributed by atoms with Crippen molar-refractivity contribution < 1.29 is 4.39 Å². The lowest BCUT2D eigenvalue weighted by Crippen LogP contribution is -2.02. The molecule has 2 aromatic carbocycles. The van der Waals surface area contributed by atoms with Crippen LogP contribution >= 0.6 is 0 Å². The minimum atomic E-state index is -0.219. The van der Waals surface area contributed by atoms with Gasteiger partial charge in [-0.3, -0.25) is 0 Å². The van der Waals surface area contributed by atoms with Gasteiger partial charge >= 0.3 is 0 Å². The first kappa shape index (κ1) is 11.5. The zero-order valence-electron chi connectivity index (χ0n) is 9.70. The topological polar surface area (TPSA) is 38.0 Å². The lowest BCUT2D eigenvalue weighted by atomic mass is 10.1. The highest BCUT2D eigenvalue weighted by atomic mass is 19.1. The van der Waals surface area contributed by atoms with Crippen LogP contribution in [0, 0.1) is 12.7 Å². The molecule has 3 N–H and O–H groups in total. The van der Waals surface area contributed by atoms with Gasteiger partial charge < -0.3 is 11.1 Å². The van der Waals surface area contributed by atoms with E-state index in [1.165, 1.54) is 12.1 Å². The first-order chi connectivity index (χ1) is 8.15. The van der Waals surface area contributed by atoms with Crippen molar-refractivity contribution in [2.75, 3.05) is 11.1 Å². The number of hydrogen-bond donors (Lipinski definition) is 2. The predicted octanol–water partition coefficient (Wildman–Crippen LogP) is 3.33. The number of rotatable bonds is 3. The largest absolute Gasteiger partial charge is 0.397 e. The molecule has 0 aliphatic rings. The summed E-state index contributed by atoms with van der Waals surface area (Å²) in [6.07, 6.45) is 0. The molecule has 2 nitrogen and oxygen atoms in total. The molecule has 0 amide bonds. The van der Waals surface area contributed by atoms with E-state index < -0.39 is 0 Å². The summed E-state index contributed by atoms with van der Waals surface area (Å²) < 4.78 is 12.7. The monoisotopic (exact) mass is 230 g/mol. The summed E-state index contributed by atoms with van der Waals surface area (Å²) >= 11 is 0. The molecule has 0 heterocycles. The SMILES string of the molecule is Cc1ccc(N)c(NCc2ccc(F)cc2)c1. The van der Waals surface area contributed by atoms with Gasteiger partial charge in [-0.05, 0) is 42.3 Å². The Balaban J connectivity index is 2.07. The third-order valence-electron chi connectivity index (χ3n) is 2.61. The van der Waals surface area contributed by atoms with Crippen LogP contribution in [0.5, 0.6) is 0 Å². The van der Waals surface area contributed by atoms with Crippen LogP contribution in [0.2, 0.25) is 0 Å². The van der Waals surface area contributed by atoms with E-state index in [-0.39, 0.29) is 5.82 Å². The van der Waals surface area contributed by atoms with Gasteiger partial charge in [-0.15, -0.1) is 0 Å². The molecule has 0 saturated heterocycles. The van der Waals surface area contributed by atoms with Gasteiger partial charge in [0.25, 0.3) is 0 Å². The molecule has 2 rings (SSSR count). The minimum Gasteiger partial charge on any atom is -0.397 e. The fraction of sp³-hybridized carbons (Fsp3) is 0.143. The Morgan fingerprint density at radius 2 is 1.82 bits per heavy atom. The smallest absolute Gasteiger partial charge is 0.123 e. The van der Waals surface area contributed by atoms with E-state index in [0.29, 0.717) is 6.54 Å². The highest BCUT2D eigenvalue weighted by Gasteiger charge is 1.99. The van der Waals surface area contributed by atoms with Gasteiger partial charge in [-0.1, -0.05) is 18.2 Å². The third kappa shape index (κ3) is 2.97. The summed E-state index contributed by atoms with van der Waals surface area (Å²) in [5.41, 5.74) is 9.66. The van der Waals surface area contributed by atoms with Crippen molar-refractivity contribution in [1.29, 1.82) is 0 Å². The Kier molecular flexibility index (Phi) is 3.28. The van der Waals surface area contributed by atoms with E-state index in [0.717, 1.165) is 22.5 Å². The van der Waals surface area contributed by atoms with Crippen molar-refractivity contribution in [3.63, 3.8) is 0 Å². The molecule has 0 aliphatic heterocycles. The predicted molar refractivity (Wildman–Crippen MR) is 69.3 cm³/mol. The lowest BCUT2D eigenvalue weighted by Gasteiger charge is -2.10. The fourth-order valence-corrected chi connectivity index (χ4v) is 1.62. The Morgan fingerprint density at radius 1 is 1.12 bits per heavy atom. The number of anilines is 2. The van der Waals surface area contributed by atoms with Gasteiger partial charge in [0.15, 0.2) is 0 Å². The molecule has 0 fully saturated rings. The first-order valence-electron chi connectivity index (χ1n) is 5.49. The number of aryl methyl sites for hydroxylation is 1. The summed E-state index contributed by atoms with van der Waals surface area (Å²) in [6.45, 7) is 2.65. The summed E-state index contributed by atoms with van der Waals surface area (Å²) in [7, 11) is 0. The fourth-order valence-electron chi connectivity index (χ4n) is 1.62. The maximum Gasteiger partial charge on any atom is 0.123 e. The second kappa shape index (κ2) is 4.87. The Morgan fingerprint density at radius 3 is 2.53 bits per heavy atom. The number of nitrogens with two attached hydrogens (primary N) is 1. The maximum absolute atomic E-state index is 12.7. The van der Waals surface area contributed by atoms with Gasteiger partial charge in [0, 0.05) is 6.54 Å². The Bertz CT molecular complexity index is 506. The molecule has 0 spiro atoms. The van der Waals surface area contributed by atoms with Crippen molar-refractivity contribution in [2.24, 2.45) is 0 Å². The standard InChI is InChI=1S/C14H15FN2/c1-10-2-7-13(16)14(8-10)17-9-11-3-5-12(15)6-4-11/h2-8,17H,9,16H2,1H3. The first-order valence-corrected chi connectivity index (χ1v) is 5.49. The summed E-state index contributed by atoms with van der Waals surface area (Å²) in [5.74, 6) is -0.219. The second-order valence-electron chi connectivity index (χ2n) is 4.07. The molecule has 2 aromatic rings. The molecular formula is C14H15FN2. The molecule has 0 aromatic heterocycles. The lowest BCUT2D eigenvalue weighted by molar-refractivity contribution is 0.627. The number of nitrogens with one attached hydrogen (secondary N) is 1. The number of nitrogen functional groups attached to an aromatic ring is 1. The molecule has 17 heavy (non-hydrogen) atoms. The van der Waals surface area contributed by atoms with E-state index in [1.54, 1.807) is 12.1 Å². The normalized spacial score (nSPS) is 10.2. The maximum atomic E-state index is 12.7. The number of halogens is 1. The van der Waals surface area contributed by atoms with Gasteiger partial charge in [-0.25, -0.2) is 4.39 Å². The van der Waals surface area contributed by atoms with Crippen molar-refractivity contribution in [3.05, 3.63) is 59.4 Å². The molecule has 0 unspecified atom stereocenters. The van der Waals surface area contributed by atoms with Gasteiger partial charge in [0.2, 0.25) is 0 Å². The molecule has 0 bridgehead atoms. The minimum absolute atomic E-state index is 0.219. The molecule has 0 radical (unpaired) electrons. The van der Waals surface area contributed by atoms with Crippen molar-refractivity contribution >= 4 is 11.4 Å². The van der Waals surface area contributed by atoms with Crippen LogP contribution < -0.4 is 11.1 Å². The van der Waals surface area contributed by atoms with Crippen molar-refractivity contribution in [1.82, 2.24) is 0 Å². The van der Waals surface area contributed by atoms with Crippen LogP contribution in [-0.2, 0) is 6.54 Å². The van der Waals surface area contributed by atoms with Gasteiger partial charge in [0.05, 0.1) is 11.4 Å². The molecule has 0 atom stereocenters. The van der Waals surface area contributed by atoms with Crippen LogP contribution in [-0.4, -0.2) is 0 Å². The highest BCUT2D eigenvalue weighted by molar-refractivity contribution is 5.66. The van der Waals surface area contributed by atoms with Crippen LogP contribution in [0.3, 0.4) is 0 Å². The Labute approximate surface area is 100 Å². The summed E-state index contributed by atoms with van der Waals surface area (Å²) in [4.78, 5) is 0. The van der Waals surface area contributed by atoms with Crippen molar-refractivity contribution in [3.8, 4) is 0 Å². The van der Waals surface area contributed by atoms with Crippen LogP contribution in [0.4, 0.5) is 15.8 Å². The zero-order valence-corrected chi connectivity index (χ0v) is 9.70. The van der Waals surface area contributed by atoms with Crippen LogP contribution in [0.15, 0.2) is 42.5 Å². The quantitative estimate of drug-likeness (QED) is 0.794. The average Bonchev–Trinajstić information content (AvgIpc) is 2.32. The number of hydrogen-bond acceptors (Lipinski definition) is 2. The Hall–Kier alpha value is -2.03. The molecule has 3 heteroatoms.